The van der Waals surface area contributed by atoms with Gasteiger partial charge in [-0.05, 0) is 32.0 Å². The maximum atomic E-state index is 12.8. The Kier molecular flexibility index (Phi) is 5.23. The van der Waals surface area contributed by atoms with Gasteiger partial charge in [0.2, 0.25) is 0 Å². The summed E-state index contributed by atoms with van der Waals surface area (Å²) in [6.45, 7) is 3.95. The Morgan fingerprint density at radius 3 is 2.63 bits per heavy atom. The molecule has 0 unspecified atom stereocenters. The molecule has 7 nitrogen and oxygen atoms in total. The van der Waals surface area contributed by atoms with E-state index in [1.807, 2.05) is 18.4 Å². The normalized spacial score (nSPS) is 11.1. The van der Waals surface area contributed by atoms with E-state index in [1.54, 1.807) is 18.2 Å². The number of ether oxygens (including phenoxy) is 1. The van der Waals surface area contributed by atoms with Gasteiger partial charge in [-0.3, -0.25) is 14.2 Å². The smallest absolute Gasteiger partial charge is 0.420 e. The number of oxazole rings is 1. The van der Waals surface area contributed by atoms with E-state index in [2.05, 4.69) is 4.74 Å². The predicted molar refractivity (Wildman–Crippen MR) is 100 cm³/mol. The number of carbonyl (C=O) groups is 2. The van der Waals surface area contributed by atoms with Gasteiger partial charge in [0, 0.05) is 34.6 Å². The second kappa shape index (κ2) is 7.44. The lowest BCUT2D eigenvalue weighted by atomic mass is 10.1. The fraction of sp³-hybridized carbons (Fsp3) is 0.316. The van der Waals surface area contributed by atoms with Gasteiger partial charge in [-0.25, -0.2) is 4.79 Å². The summed E-state index contributed by atoms with van der Waals surface area (Å²) >= 11 is 5.91. The summed E-state index contributed by atoms with van der Waals surface area (Å²) < 4.78 is 13.0. The zero-order valence-electron chi connectivity index (χ0n) is 15.2. The molecule has 0 atom stereocenters. The SMILES string of the molecule is COC(=O)CCn1c(C)cc(C(=O)Cn2c(=O)oc3cc(Cl)ccc32)c1C. The van der Waals surface area contributed by atoms with E-state index in [4.69, 9.17) is 16.0 Å². The van der Waals surface area contributed by atoms with Crippen LogP contribution in [0, 0.1) is 13.8 Å². The first-order chi connectivity index (χ1) is 12.8. The van der Waals surface area contributed by atoms with Crippen LogP contribution in [0.2, 0.25) is 5.02 Å². The number of aryl methyl sites for hydroxylation is 1. The molecular weight excluding hydrogens is 372 g/mol. The van der Waals surface area contributed by atoms with E-state index < -0.39 is 5.76 Å². The molecule has 0 N–H and O–H groups in total. The Bertz CT molecular complexity index is 1090. The number of hydrogen-bond acceptors (Lipinski definition) is 5. The molecule has 8 heteroatoms. The molecule has 0 saturated carbocycles. The number of benzene rings is 1. The molecule has 0 amide bonds. The number of nitrogens with zero attached hydrogens (tertiary/aromatic N) is 2. The molecule has 0 spiro atoms. The van der Waals surface area contributed by atoms with Crippen LogP contribution in [0.15, 0.2) is 33.5 Å². The minimum absolute atomic E-state index is 0.144. The summed E-state index contributed by atoms with van der Waals surface area (Å²) in [7, 11) is 1.34. The summed E-state index contributed by atoms with van der Waals surface area (Å²) in [6, 6.07) is 6.59. The lowest BCUT2D eigenvalue weighted by molar-refractivity contribution is -0.140. The summed E-state index contributed by atoms with van der Waals surface area (Å²) in [4.78, 5) is 36.3. The Hall–Kier alpha value is -2.80. The highest BCUT2D eigenvalue weighted by Gasteiger charge is 2.19. The average Bonchev–Trinajstić information content (AvgIpc) is 3.08. The van der Waals surface area contributed by atoms with Gasteiger partial charge in [-0.1, -0.05) is 11.6 Å². The second-order valence-corrected chi connectivity index (χ2v) is 6.69. The van der Waals surface area contributed by atoms with E-state index in [0.717, 1.165) is 11.4 Å². The van der Waals surface area contributed by atoms with E-state index in [1.165, 1.54) is 17.7 Å². The number of fused-ring (bicyclic) bond motifs is 1. The van der Waals surface area contributed by atoms with Gasteiger partial charge in [-0.2, -0.15) is 0 Å². The molecule has 27 heavy (non-hydrogen) atoms. The van der Waals surface area contributed by atoms with Gasteiger partial charge in [0.15, 0.2) is 11.4 Å². The van der Waals surface area contributed by atoms with Crippen molar-refractivity contribution in [3.63, 3.8) is 0 Å². The van der Waals surface area contributed by atoms with Gasteiger partial charge in [0.1, 0.15) is 0 Å². The number of hydrogen-bond donors (Lipinski definition) is 0. The van der Waals surface area contributed by atoms with Crippen molar-refractivity contribution in [1.82, 2.24) is 9.13 Å². The van der Waals surface area contributed by atoms with Crippen molar-refractivity contribution in [2.24, 2.45) is 0 Å². The van der Waals surface area contributed by atoms with Crippen molar-refractivity contribution in [2.75, 3.05) is 7.11 Å². The highest BCUT2D eigenvalue weighted by molar-refractivity contribution is 6.31. The predicted octanol–water partition coefficient (Wildman–Crippen LogP) is 3.11. The van der Waals surface area contributed by atoms with Crippen LogP contribution in [-0.4, -0.2) is 28.0 Å². The Labute approximate surface area is 160 Å². The topological polar surface area (TPSA) is 83.4 Å². The summed E-state index contributed by atoms with van der Waals surface area (Å²) in [6.07, 6.45) is 0.215. The van der Waals surface area contributed by atoms with Crippen LogP contribution < -0.4 is 5.76 Å². The molecule has 0 saturated heterocycles. The molecule has 142 valence electrons. The molecule has 3 aromatic rings. The average molecular weight is 391 g/mol. The lowest BCUT2D eigenvalue weighted by Crippen LogP contribution is -2.20. The van der Waals surface area contributed by atoms with Crippen molar-refractivity contribution in [1.29, 1.82) is 0 Å². The minimum atomic E-state index is -0.611. The molecule has 0 bridgehead atoms. The minimum Gasteiger partial charge on any atom is -0.469 e. The quantitative estimate of drug-likeness (QED) is 0.477. The number of ketones is 1. The molecule has 1 aromatic carbocycles. The fourth-order valence-corrected chi connectivity index (χ4v) is 3.31. The summed E-state index contributed by atoms with van der Waals surface area (Å²) in [5.74, 6) is -1.14. The molecule has 2 aromatic heterocycles. The third-order valence-electron chi connectivity index (χ3n) is 4.57. The maximum absolute atomic E-state index is 12.8. The molecule has 0 radical (unpaired) electrons. The molecule has 3 rings (SSSR count). The first kappa shape index (κ1) is 19.0. The van der Waals surface area contributed by atoms with Crippen molar-refractivity contribution in [3.8, 4) is 0 Å². The zero-order chi connectivity index (χ0) is 19.7. The first-order valence-electron chi connectivity index (χ1n) is 8.37. The van der Waals surface area contributed by atoms with Crippen LogP contribution in [0.4, 0.5) is 0 Å². The van der Waals surface area contributed by atoms with E-state index in [9.17, 15) is 14.4 Å². The Balaban J connectivity index is 1.88. The largest absolute Gasteiger partial charge is 0.469 e. The van der Waals surface area contributed by atoms with Gasteiger partial charge in [-0.15, -0.1) is 0 Å². The summed E-state index contributed by atoms with van der Waals surface area (Å²) in [5, 5.41) is 0.448. The maximum Gasteiger partial charge on any atom is 0.420 e. The van der Waals surface area contributed by atoms with Crippen molar-refractivity contribution in [3.05, 3.63) is 56.8 Å². The monoisotopic (exact) mass is 390 g/mol. The van der Waals surface area contributed by atoms with Gasteiger partial charge in [0.05, 0.1) is 25.6 Å². The van der Waals surface area contributed by atoms with E-state index in [-0.39, 0.29) is 24.7 Å². The molecule has 0 fully saturated rings. The third-order valence-corrected chi connectivity index (χ3v) is 4.81. The number of aromatic nitrogens is 2. The highest BCUT2D eigenvalue weighted by atomic mass is 35.5. The lowest BCUT2D eigenvalue weighted by Gasteiger charge is -2.09. The van der Waals surface area contributed by atoms with Crippen LogP contribution in [-0.2, 0) is 22.6 Å². The van der Waals surface area contributed by atoms with Crippen LogP contribution in [0.5, 0.6) is 0 Å². The van der Waals surface area contributed by atoms with E-state index in [0.29, 0.717) is 28.2 Å². The van der Waals surface area contributed by atoms with E-state index >= 15 is 0 Å². The molecule has 0 aliphatic rings. The number of esters is 1. The molecule has 0 aliphatic heterocycles. The zero-order valence-corrected chi connectivity index (χ0v) is 16.0. The van der Waals surface area contributed by atoms with Crippen molar-refractivity contribution < 1.29 is 18.7 Å². The Morgan fingerprint density at radius 1 is 1.19 bits per heavy atom. The highest BCUT2D eigenvalue weighted by Crippen LogP contribution is 2.20. The van der Waals surface area contributed by atoms with Crippen molar-refractivity contribution in [2.45, 2.75) is 33.4 Å². The standard InChI is InChI=1S/C19H19ClN2O5/c1-11-8-14(12(2)21(11)7-6-18(24)26-3)16(23)10-22-15-5-4-13(20)9-17(15)27-19(22)25/h4-5,8-9H,6-7,10H2,1-3H3. The Morgan fingerprint density at radius 2 is 1.93 bits per heavy atom. The molecule has 2 heterocycles. The number of halogens is 1. The number of rotatable bonds is 6. The molecular formula is C19H19ClN2O5. The molecule has 0 aliphatic carbocycles. The van der Waals surface area contributed by atoms with Crippen LogP contribution in [0.3, 0.4) is 0 Å². The van der Waals surface area contributed by atoms with Crippen LogP contribution in [0.25, 0.3) is 11.1 Å². The fourth-order valence-electron chi connectivity index (χ4n) is 3.15. The number of carbonyl (C=O) groups excluding carboxylic acids is 2. The van der Waals surface area contributed by atoms with Gasteiger partial charge in [0.25, 0.3) is 0 Å². The van der Waals surface area contributed by atoms with Gasteiger partial charge < -0.3 is 13.7 Å². The number of Topliss-reactive ketones (excluding diaryl/α,β-unsaturated/α-hetero) is 1. The van der Waals surface area contributed by atoms with Crippen LogP contribution in [0.1, 0.15) is 28.2 Å². The third kappa shape index (κ3) is 3.68. The van der Waals surface area contributed by atoms with Gasteiger partial charge >= 0.3 is 11.7 Å². The number of methoxy groups -OCH3 is 1. The van der Waals surface area contributed by atoms with Crippen LogP contribution >= 0.6 is 11.6 Å². The van der Waals surface area contributed by atoms with Crippen molar-refractivity contribution >= 4 is 34.5 Å². The first-order valence-corrected chi connectivity index (χ1v) is 8.75. The second-order valence-electron chi connectivity index (χ2n) is 6.25. The summed E-state index contributed by atoms with van der Waals surface area (Å²) in [5.41, 5.74) is 2.95.